The van der Waals surface area contributed by atoms with Gasteiger partial charge in [-0.25, -0.2) is 10.4 Å². The lowest BCUT2D eigenvalue weighted by atomic mass is 10.2. The van der Waals surface area contributed by atoms with Crippen molar-refractivity contribution in [3.8, 4) is 0 Å². The Hall–Kier alpha value is -2.42. The molecule has 2 aromatic rings. The van der Waals surface area contributed by atoms with Crippen LogP contribution in [0.2, 0.25) is 15.2 Å². The fraction of sp³-hybridized carbons (Fsp3) is 0. The smallest absolute Gasteiger partial charge is 0.291 e. The van der Waals surface area contributed by atoms with Crippen LogP contribution in [-0.4, -0.2) is 22.0 Å². The van der Waals surface area contributed by atoms with Gasteiger partial charge in [-0.15, -0.1) is 0 Å². The van der Waals surface area contributed by atoms with Crippen LogP contribution in [0.5, 0.6) is 0 Å². The van der Waals surface area contributed by atoms with Gasteiger partial charge in [0, 0.05) is 6.07 Å². The van der Waals surface area contributed by atoms with E-state index in [9.17, 15) is 14.9 Å². The molecule has 0 saturated carbocycles. The number of rotatable bonds is 4. The lowest BCUT2D eigenvalue weighted by Crippen LogP contribution is -2.20. The first kappa shape index (κ1) is 17.9. The number of nitrogens with one attached hydrogen (secondary N) is 1. The standard InChI is InChI=1S/C13H8Cl3N5O3/c14-8-10(17)9(15)12(16)19-11(8)13(22)20-18-5-6-3-1-2-4-7(6)21(23)24/h1-5H,(H2,17,19)(H,20,22)/b18-5-. The number of hydrogen-bond donors (Lipinski definition) is 2. The monoisotopic (exact) mass is 387 g/mol. The number of anilines is 1. The Balaban J connectivity index is 2.22. The molecule has 0 bridgehead atoms. The van der Waals surface area contributed by atoms with Gasteiger partial charge in [0.05, 0.1) is 27.4 Å². The van der Waals surface area contributed by atoms with Crippen molar-refractivity contribution >= 4 is 58.3 Å². The van der Waals surface area contributed by atoms with Crippen LogP contribution in [0, 0.1) is 10.1 Å². The molecule has 0 unspecified atom stereocenters. The fourth-order valence-corrected chi connectivity index (χ4v) is 2.25. The SMILES string of the molecule is Nc1c(Cl)c(Cl)nc(C(=O)N/N=C\c2ccccc2[N+](=O)[O-])c1Cl. The van der Waals surface area contributed by atoms with Crippen molar-refractivity contribution in [2.24, 2.45) is 5.10 Å². The molecule has 1 aromatic carbocycles. The number of aromatic nitrogens is 1. The number of nitro benzene ring substituents is 1. The number of carbonyl (C=O) groups is 1. The van der Waals surface area contributed by atoms with Gasteiger partial charge in [0.1, 0.15) is 5.02 Å². The van der Waals surface area contributed by atoms with Gasteiger partial charge in [-0.2, -0.15) is 5.10 Å². The Morgan fingerprint density at radius 3 is 2.62 bits per heavy atom. The van der Waals surface area contributed by atoms with Crippen LogP contribution in [-0.2, 0) is 0 Å². The van der Waals surface area contributed by atoms with E-state index in [4.69, 9.17) is 40.5 Å². The molecule has 0 fully saturated rings. The molecule has 8 nitrogen and oxygen atoms in total. The Morgan fingerprint density at radius 2 is 1.96 bits per heavy atom. The first-order valence-electron chi connectivity index (χ1n) is 6.19. The topological polar surface area (TPSA) is 124 Å². The van der Waals surface area contributed by atoms with E-state index in [1.54, 1.807) is 6.07 Å². The number of nitro groups is 1. The van der Waals surface area contributed by atoms with E-state index in [-0.39, 0.29) is 37.8 Å². The lowest BCUT2D eigenvalue weighted by molar-refractivity contribution is -0.385. The number of hydrogen-bond acceptors (Lipinski definition) is 6. The number of nitrogens with zero attached hydrogens (tertiary/aromatic N) is 3. The van der Waals surface area contributed by atoms with Crippen molar-refractivity contribution < 1.29 is 9.72 Å². The predicted molar refractivity (Wildman–Crippen MR) is 91.8 cm³/mol. The van der Waals surface area contributed by atoms with Gasteiger partial charge in [0.2, 0.25) is 0 Å². The Bertz CT molecular complexity index is 857. The van der Waals surface area contributed by atoms with Crippen molar-refractivity contribution in [1.82, 2.24) is 10.4 Å². The number of para-hydroxylation sites is 1. The Morgan fingerprint density at radius 1 is 1.29 bits per heavy atom. The molecule has 0 saturated heterocycles. The number of carbonyl (C=O) groups excluding carboxylic acids is 1. The van der Waals surface area contributed by atoms with Crippen molar-refractivity contribution in [2.45, 2.75) is 0 Å². The number of benzene rings is 1. The van der Waals surface area contributed by atoms with E-state index in [2.05, 4.69) is 15.5 Å². The molecule has 3 N–H and O–H groups in total. The van der Waals surface area contributed by atoms with Gasteiger partial charge >= 0.3 is 0 Å². The lowest BCUT2D eigenvalue weighted by Gasteiger charge is -2.07. The van der Waals surface area contributed by atoms with Crippen LogP contribution < -0.4 is 11.2 Å². The van der Waals surface area contributed by atoms with Gasteiger partial charge in [-0.05, 0) is 6.07 Å². The summed E-state index contributed by atoms with van der Waals surface area (Å²) < 4.78 is 0. The van der Waals surface area contributed by atoms with Crippen LogP contribution in [0.15, 0.2) is 29.4 Å². The van der Waals surface area contributed by atoms with Crippen LogP contribution in [0.1, 0.15) is 16.1 Å². The van der Waals surface area contributed by atoms with E-state index in [1.165, 1.54) is 18.2 Å². The number of pyridine rings is 1. The van der Waals surface area contributed by atoms with Crippen molar-refractivity contribution in [3.05, 3.63) is 60.8 Å². The normalized spacial score (nSPS) is 10.8. The third kappa shape index (κ3) is 3.73. The first-order chi connectivity index (χ1) is 11.3. The molecule has 0 aliphatic carbocycles. The van der Waals surface area contributed by atoms with Gasteiger partial charge in [0.25, 0.3) is 11.6 Å². The molecule has 0 atom stereocenters. The van der Waals surface area contributed by atoms with Gasteiger partial charge in [-0.1, -0.05) is 46.9 Å². The number of hydrazone groups is 1. The summed E-state index contributed by atoms with van der Waals surface area (Å²) in [4.78, 5) is 26.1. The third-order valence-corrected chi connectivity index (χ3v) is 3.93. The summed E-state index contributed by atoms with van der Waals surface area (Å²) in [5.74, 6) is -0.805. The van der Waals surface area contributed by atoms with Crippen LogP contribution >= 0.6 is 34.8 Å². The second-order valence-corrected chi connectivity index (χ2v) is 5.42. The van der Waals surface area contributed by atoms with Crippen molar-refractivity contribution in [3.63, 3.8) is 0 Å². The number of amides is 1. The third-order valence-electron chi connectivity index (χ3n) is 2.79. The second-order valence-electron chi connectivity index (χ2n) is 4.31. The highest BCUT2D eigenvalue weighted by molar-refractivity contribution is 6.46. The maximum absolute atomic E-state index is 12.0. The Labute approximate surface area is 150 Å². The number of nitrogen functional groups attached to an aromatic ring is 1. The first-order valence-corrected chi connectivity index (χ1v) is 7.33. The number of halogens is 3. The summed E-state index contributed by atoms with van der Waals surface area (Å²) in [6, 6.07) is 5.88. The molecule has 124 valence electrons. The minimum Gasteiger partial charge on any atom is -0.396 e. The summed E-state index contributed by atoms with van der Waals surface area (Å²) in [6.45, 7) is 0. The average Bonchev–Trinajstić information content (AvgIpc) is 2.56. The van der Waals surface area contributed by atoms with E-state index in [1.807, 2.05) is 0 Å². The molecule has 24 heavy (non-hydrogen) atoms. The molecule has 11 heteroatoms. The van der Waals surface area contributed by atoms with Crippen LogP contribution in [0.3, 0.4) is 0 Å². The van der Waals surface area contributed by atoms with E-state index >= 15 is 0 Å². The molecule has 2 rings (SSSR count). The van der Waals surface area contributed by atoms with Gasteiger partial charge in [0.15, 0.2) is 10.8 Å². The molecule has 1 aromatic heterocycles. The maximum Gasteiger partial charge on any atom is 0.291 e. The fourth-order valence-electron chi connectivity index (χ4n) is 1.66. The largest absolute Gasteiger partial charge is 0.396 e. The van der Waals surface area contributed by atoms with Crippen molar-refractivity contribution in [2.75, 3.05) is 5.73 Å². The van der Waals surface area contributed by atoms with E-state index < -0.39 is 10.8 Å². The summed E-state index contributed by atoms with van der Waals surface area (Å²) in [5, 5.41) is 14.1. The summed E-state index contributed by atoms with van der Waals surface area (Å²) in [5.41, 5.74) is 7.42. The maximum atomic E-state index is 12.0. The quantitative estimate of drug-likeness (QED) is 0.360. The molecule has 0 aliphatic rings. The zero-order chi connectivity index (χ0) is 17.9. The summed E-state index contributed by atoms with van der Waals surface area (Å²) in [7, 11) is 0. The molecule has 0 radical (unpaired) electrons. The van der Waals surface area contributed by atoms with Crippen LogP contribution in [0.25, 0.3) is 0 Å². The Kier molecular flexibility index (Phi) is 5.55. The molecular formula is C13H8Cl3N5O3. The van der Waals surface area contributed by atoms with Crippen molar-refractivity contribution in [1.29, 1.82) is 0 Å². The van der Waals surface area contributed by atoms with Gasteiger partial charge < -0.3 is 5.73 Å². The highest BCUT2D eigenvalue weighted by Crippen LogP contribution is 2.34. The summed E-state index contributed by atoms with van der Waals surface area (Å²) >= 11 is 17.4. The van der Waals surface area contributed by atoms with Crippen LogP contribution in [0.4, 0.5) is 11.4 Å². The summed E-state index contributed by atoms with van der Waals surface area (Å²) in [6.07, 6.45) is 1.12. The average molecular weight is 389 g/mol. The molecule has 1 heterocycles. The predicted octanol–water partition coefficient (Wildman–Crippen LogP) is 3.30. The molecular weight excluding hydrogens is 381 g/mol. The second kappa shape index (κ2) is 7.43. The molecule has 0 aliphatic heterocycles. The highest BCUT2D eigenvalue weighted by atomic mass is 35.5. The zero-order valence-electron chi connectivity index (χ0n) is 11.7. The molecule has 1 amide bonds. The highest BCUT2D eigenvalue weighted by Gasteiger charge is 2.19. The van der Waals surface area contributed by atoms with E-state index in [0.717, 1.165) is 6.21 Å². The number of nitrogens with two attached hydrogens (primary N) is 1. The zero-order valence-corrected chi connectivity index (χ0v) is 13.9. The van der Waals surface area contributed by atoms with E-state index in [0.29, 0.717) is 0 Å². The molecule has 0 spiro atoms. The van der Waals surface area contributed by atoms with Gasteiger partial charge in [-0.3, -0.25) is 14.9 Å². The minimum absolute atomic E-state index is 0.0679. The minimum atomic E-state index is -0.805.